The van der Waals surface area contributed by atoms with E-state index in [0.29, 0.717) is 17.2 Å². The van der Waals surface area contributed by atoms with Crippen LogP contribution in [-0.4, -0.2) is 19.9 Å². The third-order valence-corrected chi connectivity index (χ3v) is 4.09. The molecule has 0 aliphatic heterocycles. The second kappa shape index (κ2) is 5.67. The van der Waals surface area contributed by atoms with Crippen molar-refractivity contribution in [3.05, 3.63) is 71.6 Å². The molecular formula is C17H11F3N4. The maximum atomic E-state index is 13.3. The van der Waals surface area contributed by atoms with E-state index in [1.54, 1.807) is 30.9 Å². The van der Waals surface area contributed by atoms with Crippen molar-refractivity contribution < 1.29 is 13.2 Å². The number of hydrogen-bond acceptors (Lipinski definition) is 4. The maximum absolute atomic E-state index is 13.3. The molecule has 0 unspecified atom stereocenters. The molecule has 24 heavy (non-hydrogen) atoms. The van der Waals surface area contributed by atoms with E-state index in [-0.39, 0.29) is 11.8 Å². The molecule has 0 bridgehead atoms. The normalized spacial score (nSPS) is 19.3. The highest BCUT2D eigenvalue weighted by molar-refractivity contribution is 5.43. The number of aromatic nitrogens is 4. The molecule has 2 atom stereocenters. The van der Waals surface area contributed by atoms with Gasteiger partial charge in [0, 0.05) is 24.8 Å². The van der Waals surface area contributed by atoms with Crippen LogP contribution in [0.15, 0.2) is 43.0 Å². The van der Waals surface area contributed by atoms with E-state index in [0.717, 1.165) is 24.1 Å². The predicted molar refractivity (Wildman–Crippen MR) is 79.5 cm³/mol. The van der Waals surface area contributed by atoms with Crippen LogP contribution < -0.4 is 0 Å². The zero-order valence-corrected chi connectivity index (χ0v) is 12.3. The van der Waals surface area contributed by atoms with Gasteiger partial charge in [0.15, 0.2) is 29.1 Å². The number of benzene rings is 1. The van der Waals surface area contributed by atoms with Crippen LogP contribution in [0.1, 0.15) is 29.4 Å². The molecule has 1 saturated carbocycles. The smallest absolute Gasteiger partial charge is 0.197 e. The summed E-state index contributed by atoms with van der Waals surface area (Å²) in [5.41, 5.74) is 1.32. The molecule has 0 N–H and O–H groups in total. The van der Waals surface area contributed by atoms with Gasteiger partial charge in [0.25, 0.3) is 0 Å². The van der Waals surface area contributed by atoms with Crippen LogP contribution in [-0.2, 0) is 0 Å². The van der Waals surface area contributed by atoms with Crippen molar-refractivity contribution in [1.82, 2.24) is 19.9 Å². The van der Waals surface area contributed by atoms with Gasteiger partial charge in [-0.1, -0.05) is 0 Å². The van der Waals surface area contributed by atoms with Crippen molar-refractivity contribution in [3.8, 4) is 11.6 Å². The van der Waals surface area contributed by atoms with Gasteiger partial charge in [-0.25, -0.2) is 33.1 Å². The van der Waals surface area contributed by atoms with Crippen molar-refractivity contribution in [2.24, 2.45) is 0 Å². The standard InChI is InChI=1S/C17H11F3N4/c18-13-4-9(5-14(19)15(13)20)11-6-12(11)10-7-23-17(24-8-10)16-21-2-1-3-22-16/h1-5,7-8,11-12H,6H2/t11-,12+/m1/s1. The van der Waals surface area contributed by atoms with Crippen LogP contribution in [0.3, 0.4) is 0 Å². The summed E-state index contributed by atoms with van der Waals surface area (Å²) in [6, 6.07) is 3.81. The molecule has 0 amide bonds. The summed E-state index contributed by atoms with van der Waals surface area (Å²) in [5, 5.41) is 0. The summed E-state index contributed by atoms with van der Waals surface area (Å²) in [5.74, 6) is -2.91. The van der Waals surface area contributed by atoms with Gasteiger partial charge in [0.1, 0.15) is 0 Å². The first-order chi connectivity index (χ1) is 11.6. The number of rotatable bonds is 3. The maximum Gasteiger partial charge on any atom is 0.197 e. The fraction of sp³-hybridized carbons (Fsp3) is 0.176. The summed E-state index contributed by atoms with van der Waals surface area (Å²) < 4.78 is 39.7. The zero-order chi connectivity index (χ0) is 16.7. The molecule has 4 rings (SSSR count). The Morgan fingerprint density at radius 1 is 0.750 bits per heavy atom. The van der Waals surface area contributed by atoms with Crippen molar-refractivity contribution in [2.75, 3.05) is 0 Å². The third kappa shape index (κ3) is 2.62. The van der Waals surface area contributed by atoms with Crippen LogP contribution >= 0.6 is 0 Å². The summed E-state index contributed by atoms with van der Waals surface area (Å²) in [7, 11) is 0. The van der Waals surface area contributed by atoms with Gasteiger partial charge in [-0.15, -0.1) is 0 Å². The predicted octanol–water partition coefficient (Wildman–Crippen LogP) is 3.62. The highest BCUT2D eigenvalue weighted by atomic mass is 19.2. The lowest BCUT2D eigenvalue weighted by atomic mass is 10.1. The Hall–Kier alpha value is -2.83. The highest BCUT2D eigenvalue weighted by Crippen LogP contribution is 2.54. The summed E-state index contributed by atoms with van der Waals surface area (Å²) >= 11 is 0. The molecule has 3 aromatic rings. The molecule has 2 aromatic heterocycles. The van der Waals surface area contributed by atoms with Gasteiger partial charge in [-0.05, 0) is 47.6 Å². The Morgan fingerprint density at radius 2 is 1.29 bits per heavy atom. The number of halogens is 3. The second-order valence-corrected chi connectivity index (χ2v) is 5.66. The third-order valence-electron chi connectivity index (χ3n) is 4.09. The quantitative estimate of drug-likeness (QED) is 0.689. The first kappa shape index (κ1) is 14.7. The van der Waals surface area contributed by atoms with Gasteiger partial charge < -0.3 is 0 Å². The molecule has 1 aliphatic carbocycles. The molecule has 1 aromatic carbocycles. The van der Waals surface area contributed by atoms with Gasteiger partial charge in [-0.2, -0.15) is 0 Å². The zero-order valence-electron chi connectivity index (χ0n) is 12.3. The first-order valence-corrected chi connectivity index (χ1v) is 7.37. The van der Waals surface area contributed by atoms with Gasteiger partial charge >= 0.3 is 0 Å². The Morgan fingerprint density at radius 3 is 1.92 bits per heavy atom. The first-order valence-electron chi connectivity index (χ1n) is 7.37. The van der Waals surface area contributed by atoms with Gasteiger partial charge in [-0.3, -0.25) is 0 Å². The Bertz CT molecular complexity index is 861. The lowest BCUT2D eigenvalue weighted by Crippen LogP contribution is -1.97. The summed E-state index contributed by atoms with van der Waals surface area (Å²) in [6.45, 7) is 0. The van der Waals surface area contributed by atoms with Crippen molar-refractivity contribution in [1.29, 1.82) is 0 Å². The SMILES string of the molecule is Fc1cc([C@H]2C[C@H]2c2cnc(-c3ncccn3)nc2)cc(F)c1F. The monoisotopic (exact) mass is 328 g/mol. The molecule has 0 radical (unpaired) electrons. The van der Waals surface area contributed by atoms with Crippen LogP contribution in [0.4, 0.5) is 13.2 Å². The minimum absolute atomic E-state index is 0.0583. The average molecular weight is 328 g/mol. The average Bonchev–Trinajstić information content (AvgIpc) is 3.41. The summed E-state index contributed by atoms with van der Waals surface area (Å²) in [6.07, 6.45) is 7.26. The van der Waals surface area contributed by atoms with Crippen molar-refractivity contribution in [2.45, 2.75) is 18.3 Å². The molecular weight excluding hydrogens is 317 g/mol. The van der Waals surface area contributed by atoms with Gasteiger partial charge in [0.05, 0.1) is 0 Å². The molecule has 120 valence electrons. The molecule has 1 fully saturated rings. The van der Waals surface area contributed by atoms with E-state index in [1.165, 1.54) is 0 Å². The Labute approximate surface area is 135 Å². The summed E-state index contributed by atoms with van der Waals surface area (Å²) in [4.78, 5) is 16.6. The number of hydrogen-bond donors (Lipinski definition) is 0. The highest BCUT2D eigenvalue weighted by Gasteiger charge is 2.40. The Kier molecular flexibility index (Phi) is 3.48. The minimum Gasteiger partial charge on any atom is -0.234 e. The lowest BCUT2D eigenvalue weighted by Gasteiger charge is -2.04. The number of nitrogens with zero attached hydrogens (tertiary/aromatic N) is 4. The van der Waals surface area contributed by atoms with E-state index in [2.05, 4.69) is 19.9 Å². The molecule has 1 aliphatic rings. The lowest BCUT2D eigenvalue weighted by molar-refractivity contribution is 0.445. The molecule has 0 saturated heterocycles. The largest absolute Gasteiger partial charge is 0.234 e. The molecule has 2 heterocycles. The van der Waals surface area contributed by atoms with E-state index in [4.69, 9.17) is 0 Å². The molecule has 7 heteroatoms. The minimum atomic E-state index is -1.44. The second-order valence-electron chi connectivity index (χ2n) is 5.66. The van der Waals surface area contributed by atoms with Crippen LogP contribution in [0.25, 0.3) is 11.6 Å². The van der Waals surface area contributed by atoms with Crippen molar-refractivity contribution in [3.63, 3.8) is 0 Å². The van der Waals surface area contributed by atoms with Crippen LogP contribution in [0.5, 0.6) is 0 Å². The van der Waals surface area contributed by atoms with Crippen LogP contribution in [0, 0.1) is 17.5 Å². The van der Waals surface area contributed by atoms with E-state index in [1.807, 2.05) is 0 Å². The van der Waals surface area contributed by atoms with E-state index < -0.39 is 17.5 Å². The fourth-order valence-corrected chi connectivity index (χ4v) is 2.78. The fourth-order valence-electron chi connectivity index (χ4n) is 2.78. The Balaban J connectivity index is 1.54. The van der Waals surface area contributed by atoms with Gasteiger partial charge in [0.2, 0.25) is 0 Å². The molecule has 0 spiro atoms. The van der Waals surface area contributed by atoms with E-state index >= 15 is 0 Å². The van der Waals surface area contributed by atoms with Crippen LogP contribution in [0.2, 0.25) is 0 Å². The molecule has 4 nitrogen and oxygen atoms in total. The topological polar surface area (TPSA) is 51.6 Å². The van der Waals surface area contributed by atoms with Crippen molar-refractivity contribution >= 4 is 0 Å². The van der Waals surface area contributed by atoms with E-state index in [9.17, 15) is 13.2 Å².